The summed E-state index contributed by atoms with van der Waals surface area (Å²) in [5.74, 6) is -0.137. The van der Waals surface area contributed by atoms with Gasteiger partial charge in [-0.2, -0.15) is 0 Å². The van der Waals surface area contributed by atoms with Crippen LogP contribution in [-0.2, 0) is 9.59 Å². The summed E-state index contributed by atoms with van der Waals surface area (Å²) in [5, 5.41) is 8.69. The molecule has 1 aromatic rings. The third kappa shape index (κ3) is 6.22. The molecule has 6 heteroatoms. The van der Waals surface area contributed by atoms with E-state index in [2.05, 4.69) is 16.0 Å². The average Bonchev–Trinajstić information content (AvgIpc) is 2.48. The summed E-state index contributed by atoms with van der Waals surface area (Å²) in [6, 6.07) is 5.53. The van der Waals surface area contributed by atoms with E-state index in [0.29, 0.717) is 12.8 Å². The van der Waals surface area contributed by atoms with Gasteiger partial charge < -0.3 is 16.0 Å². The number of rotatable bonds is 6. The van der Waals surface area contributed by atoms with E-state index in [1.807, 2.05) is 26.0 Å². The third-order valence-electron chi connectivity index (χ3n) is 3.10. The van der Waals surface area contributed by atoms with Crippen LogP contribution in [0.2, 0.25) is 0 Å². The molecule has 0 aliphatic rings. The normalized spacial score (nSPS) is 9.95. The summed E-state index contributed by atoms with van der Waals surface area (Å²) < 4.78 is 0. The van der Waals surface area contributed by atoms with Gasteiger partial charge in [-0.25, -0.2) is 0 Å². The number of nitrogens with one attached hydrogen (secondary N) is 3. The van der Waals surface area contributed by atoms with Gasteiger partial charge in [-0.05, 0) is 43.3 Å². The van der Waals surface area contributed by atoms with Gasteiger partial charge in [0.2, 0.25) is 11.8 Å². The van der Waals surface area contributed by atoms with Crippen molar-refractivity contribution >= 4 is 40.5 Å². The zero-order valence-corrected chi connectivity index (χ0v) is 14.1. The van der Waals surface area contributed by atoms with Gasteiger partial charge in [-0.1, -0.05) is 26.3 Å². The Hall–Kier alpha value is -1.95. The lowest BCUT2D eigenvalue weighted by Crippen LogP contribution is -2.33. The Morgan fingerprint density at radius 3 is 2.50 bits per heavy atom. The summed E-state index contributed by atoms with van der Waals surface area (Å²) in [6.45, 7) is 5.75. The molecule has 1 rings (SSSR count). The van der Waals surface area contributed by atoms with Gasteiger partial charge in [0.25, 0.3) is 0 Å². The molecule has 0 heterocycles. The fourth-order valence-corrected chi connectivity index (χ4v) is 1.99. The molecule has 0 bridgehead atoms. The number of carbonyl (C=O) groups excluding carboxylic acids is 2. The first-order valence-electron chi connectivity index (χ1n) is 7.47. The lowest BCUT2D eigenvalue weighted by atomic mass is 10.1. The van der Waals surface area contributed by atoms with E-state index in [1.165, 1.54) is 0 Å². The molecule has 0 fully saturated rings. The van der Waals surface area contributed by atoms with Gasteiger partial charge in [0.1, 0.15) is 0 Å². The second kappa shape index (κ2) is 9.15. The molecule has 5 nitrogen and oxygen atoms in total. The second-order valence-electron chi connectivity index (χ2n) is 5.04. The number of hydrogen-bond acceptors (Lipinski definition) is 3. The van der Waals surface area contributed by atoms with Crippen molar-refractivity contribution in [2.24, 2.45) is 0 Å². The highest BCUT2D eigenvalue weighted by atomic mass is 32.1. The maximum absolute atomic E-state index is 11.6. The number of anilines is 2. The zero-order chi connectivity index (χ0) is 16.5. The van der Waals surface area contributed by atoms with E-state index in [1.54, 1.807) is 13.0 Å². The number of thiocarbonyl (C=S) groups is 1. The number of unbranched alkanes of at least 4 members (excludes halogenated alkanes) is 1. The van der Waals surface area contributed by atoms with E-state index in [9.17, 15) is 9.59 Å². The fourth-order valence-electron chi connectivity index (χ4n) is 1.76. The van der Waals surface area contributed by atoms with E-state index in [4.69, 9.17) is 12.2 Å². The summed E-state index contributed by atoms with van der Waals surface area (Å²) in [4.78, 5) is 23.1. The highest BCUT2D eigenvalue weighted by molar-refractivity contribution is 7.80. The van der Waals surface area contributed by atoms with Crippen LogP contribution in [0.15, 0.2) is 18.2 Å². The van der Waals surface area contributed by atoms with Crippen molar-refractivity contribution in [3.05, 3.63) is 23.8 Å². The summed E-state index contributed by atoms with van der Waals surface area (Å²) in [7, 11) is 0. The van der Waals surface area contributed by atoms with Gasteiger partial charge in [-0.3, -0.25) is 9.59 Å². The molecule has 0 saturated heterocycles. The van der Waals surface area contributed by atoms with Crippen molar-refractivity contribution in [3.63, 3.8) is 0 Å². The van der Waals surface area contributed by atoms with Gasteiger partial charge >= 0.3 is 0 Å². The van der Waals surface area contributed by atoms with Crippen LogP contribution >= 0.6 is 12.2 Å². The van der Waals surface area contributed by atoms with Gasteiger partial charge in [0.15, 0.2) is 5.11 Å². The fraction of sp³-hybridized carbons (Fsp3) is 0.438. The van der Waals surface area contributed by atoms with E-state index >= 15 is 0 Å². The highest BCUT2D eigenvalue weighted by Crippen LogP contribution is 2.20. The smallest absolute Gasteiger partial charge is 0.226 e. The molecule has 0 radical (unpaired) electrons. The largest absolute Gasteiger partial charge is 0.332 e. The third-order valence-corrected chi connectivity index (χ3v) is 3.31. The Morgan fingerprint density at radius 2 is 1.86 bits per heavy atom. The van der Waals surface area contributed by atoms with Crippen LogP contribution in [0.1, 0.15) is 45.1 Å². The minimum atomic E-state index is -0.0917. The molecule has 1 aromatic carbocycles. The minimum Gasteiger partial charge on any atom is -0.332 e. The molecule has 0 saturated carbocycles. The van der Waals surface area contributed by atoms with Crippen molar-refractivity contribution in [1.29, 1.82) is 0 Å². The van der Waals surface area contributed by atoms with E-state index < -0.39 is 0 Å². The quantitative estimate of drug-likeness (QED) is 0.703. The molecule has 0 aliphatic heterocycles. The first kappa shape index (κ1) is 18.1. The summed E-state index contributed by atoms with van der Waals surface area (Å²) in [6.07, 6.45) is 2.69. The number of carbonyl (C=O) groups is 2. The molecular formula is C16H23N3O2S. The second-order valence-corrected chi connectivity index (χ2v) is 5.45. The number of aryl methyl sites for hydroxylation is 1. The van der Waals surface area contributed by atoms with Crippen LogP contribution < -0.4 is 16.0 Å². The average molecular weight is 321 g/mol. The monoisotopic (exact) mass is 321 g/mol. The molecule has 2 amide bonds. The van der Waals surface area contributed by atoms with Crippen molar-refractivity contribution < 1.29 is 9.59 Å². The Labute approximate surface area is 136 Å². The van der Waals surface area contributed by atoms with Crippen LogP contribution in [0.25, 0.3) is 0 Å². The molecule has 0 aliphatic carbocycles. The molecule has 0 aromatic heterocycles. The van der Waals surface area contributed by atoms with Crippen LogP contribution in [0.5, 0.6) is 0 Å². The molecule has 120 valence electrons. The minimum absolute atomic E-state index is 0.0457. The molecule has 3 N–H and O–H groups in total. The van der Waals surface area contributed by atoms with E-state index in [0.717, 1.165) is 29.8 Å². The predicted molar refractivity (Wildman–Crippen MR) is 94.0 cm³/mol. The predicted octanol–water partition coefficient (Wildman–Crippen LogP) is 3.35. The molecule has 22 heavy (non-hydrogen) atoms. The summed E-state index contributed by atoms with van der Waals surface area (Å²) >= 11 is 5.12. The molecule has 0 unspecified atom stereocenters. The topological polar surface area (TPSA) is 70.2 Å². The van der Waals surface area contributed by atoms with Crippen LogP contribution in [0.3, 0.4) is 0 Å². The van der Waals surface area contributed by atoms with Crippen molar-refractivity contribution in [3.8, 4) is 0 Å². The van der Waals surface area contributed by atoms with Crippen molar-refractivity contribution in [1.82, 2.24) is 5.32 Å². The number of benzene rings is 1. The Balaban J connectivity index is 2.65. The number of hydrogen-bond donors (Lipinski definition) is 3. The van der Waals surface area contributed by atoms with Gasteiger partial charge in [-0.15, -0.1) is 0 Å². The Kier molecular flexibility index (Phi) is 7.52. The van der Waals surface area contributed by atoms with Crippen LogP contribution in [-0.4, -0.2) is 16.9 Å². The lowest BCUT2D eigenvalue weighted by Gasteiger charge is -2.13. The van der Waals surface area contributed by atoms with Crippen LogP contribution in [0, 0.1) is 6.92 Å². The van der Waals surface area contributed by atoms with Gasteiger partial charge in [0.05, 0.1) is 0 Å². The maximum atomic E-state index is 11.6. The summed E-state index contributed by atoms with van der Waals surface area (Å²) in [5.41, 5.74) is 2.42. The van der Waals surface area contributed by atoms with Crippen LogP contribution in [0.4, 0.5) is 11.4 Å². The Morgan fingerprint density at radius 1 is 1.14 bits per heavy atom. The standard InChI is InChI=1S/C16H23N3O2S/c1-4-6-7-15(21)19-16(22)17-12-9-8-11(3)13(10-12)18-14(20)5-2/h8-10H,4-7H2,1-3H3,(H,18,20)(H2,17,19,21,22). The van der Waals surface area contributed by atoms with Crippen molar-refractivity contribution in [2.75, 3.05) is 10.6 Å². The molecular weight excluding hydrogens is 298 g/mol. The van der Waals surface area contributed by atoms with Gasteiger partial charge in [0, 0.05) is 24.2 Å². The lowest BCUT2D eigenvalue weighted by molar-refractivity contribution is -0.119. The first-order valence-corrected chi connectivity index (χ1v) is 7.88. The molecule has 0 spiro atoms. The molecule has 0 atom stereocenters. The SMILES string of the molecule is CCCCC(=O)NC(=S)Nc1ccc(C)c(NC(=O)CC)c1. The zero-order valence-electron chi connectivity index (χ0n) is 13.3. The number of amides is 2. The first-order chi connectivity index (χ1) is 10.5. The highest BCUT2D eigenvalue weighted by Gasteiger charge is 2.07. The van der Waals surface area contributed by atoms with E-state index in [-0.39, 0.29) is 16.9 Å². The Bertz CT molecular complexity index is 558. The van der Waals surface area contributed by atoms with Crippen molar-refractivity contribution in [2.45, 2.75) is 46.5 Å². The maximum Gasteiger partial charge on any atom is 0.226 e.